The Balaban J connectivity index is 1.40. The Hall–Kier alpha value is -2.33. The summed E-state index contributed by atoms with van der Waals surface area (Å²) in [6.07, 6.45) is 2.62. The van der Waals surface area contributed by atoms with Crippen molar-refractivity contribution in [2.75, 3.05) is 26.2 Å². The summed E-state index contributed by atoms with van der Waals surface area (Å²) in [5.41, 5.74) is 3.37. The number of hydrogen-bond acceptors (Lipinski definition) is 3. The number of piperidine rings is 1. The number of carbonyl (C=O) groups excluding carboxylic acids is 1. The maximum absolute atomic E-state index is 12.4. The van der Waals surface area contributed by atoms with Gasteiger partial charge in [0.2, 0.25) is 0 Å². The van der Waals surface area contributed by atoms with Gasteiger partial charge in [-0.15, -0.1) is 0 Å². The van der Waals surface area contributed by atoms with Gasteiger partial charge in [-0.1, -0.05) is 52.0 Å². The highest BCUT2D eigenvalue weighted by Crippen LogP contribution is 2.24. The van der Waals surface area contributed by atoms with E-state index in [-0.39, 0.29) is 11.3 Å². The third-order valence-corrected chi connectivity index (χ3v) is 5.74. The number of likely N-dealkylation sites (tertiary alicyclic amines) is 1. The van der Waals surface area contributed by atoms with Crippen LogP contribution in [-0.4, -0.2) is 37.0 Å². The fraction of sp³-hybridized carbons (Fsp3) is 0.500. The molecule has 0 aromatic heterocycles. The van der Waals surface area contributed by atoms with Gasteiger partial charge in [0.15, 0.2) is 0 Å². The number of rotatable bonds is 7. The van der Waals surface area contributed by atoms with Crippen molar-refractivity contribution in [2.24, 2.45) is 5.92 Å². The number of hydrogen-bond donors (Lipinski definition) is 1. The zero-order valence-corrected chi connectivity index (χ0v) is 18.9. The zero-order valence-electron chi connectivity index (χ0n) is 18.9. The van der Waals surface area contributed by atoms with E-state index in [1.807, 2.05) is 24.3 Å². The summed E-state index contributed by atoms with van der Waals surface area (Å²) < 4.78 is 5.75. The van der Waals surface area contributed by atoms with Crippen LogP contribution in [-0.2, 0) is 12.0 Å². The van der Waals surface area contributed by atoms with Gasteiger partial charge in [-0.3, -0.25) is 9.69 Å². The Morgan fingerprint density at radius 2 is 1.80 bits per heavy atom. The summed E-state index contributed by atoms with van der Waals surface area (Å²) >= 11 is 0. The van der Waals surface area contributed by atoms with Crippen LogP contribution in [0.2, 0.25) is 0 Å². The highest BCUT2D eigenvalue weighted by Gasteiger charge is 2.16. The van der Waals surface area contributed by atoms with Crippen LogP contribution in [0.4, 0.5) is 0 Å². The third kappa shape index (κ3) is 6.60. The molecule has 0 spiro atoms. The van der Waals surface area contributed by atoms with Gasteiger partial charge in [0.1, 0.15) is 12.4 Å². The summed E-state index contributed by atoms with van der Waals surface area (Å²) in [7, 11) is 0. The lowest BCUT2D eigenvalue weighted by molar-refractivity contribution is 0.0947. The minimum Gasteiger partial charge on any atom is -0.492 e. The molecule has 0 saturated carbocycles. The van der Waals surface area contributed by atoms with Crippen LogP contribution < -0.4 is 10.1 Å². The van der Waals surface area contributed by atoms with Gasteiger partial charge in [-0.25, -0.2) is 0 Å². The van der Waals surface area contributed by atoms with Crippen molar-refractivity contribution in [3.63, 3.8) is 0 Å². The fourth-order valence-electron chi connectivity index (χ4n) is 3.94. The zero-order chi connectivity index (χ0) is 21.6. The molecule has 0 bridgehead atoms. The van der Waals surface area contributed by atoms with Gasteiger partial charge in [-0.2, -0.15) is 0 Å². The lowest BCUT2D eigenvalue weighted by Gasteiger charge is -2.30. The number of carbonyl (C=O) groups is 1. The summed E-state index contributed by atoms with van der Waals surface area (Å²) in [5, 5.41) is 2.94. The number of nitrogens with one attached hydrogen (secondary N) is 1. The van der Waals surface area contributed by atoms with Gasteiger partial charge in [0, 0.05) is 18.7 Å². The van der Waals surface area contributed by atoms with E-state index in [0.717, 1.165) is 18.2 Å². The summed E-state index contributed by atoms with van der Waals surface area (Å²) in [5.74, 6) is 1.55. The average Bonchev–Trinajstić information content (AvgIpc) is 2.71. The SMILES string of the molecule is CC1CCCN(Cc2ccc(C(=O)NCCOc3ccc(C(C)(C)C)cc3)cc2)C1. The van der Waals surface area contributed by atoms with Gasteiger partial charge in [0.25, 0.3) is 5.91 Å². The van der Waals surface area contributed by atoms with E-state index in [4.69, 9.17) is 4.74 Å². The normalized spacial score (nSPS) is 17.5. The van der Waals surface area contributed by atoms with E-state index in [1.54, 1.807) is 0 Å². The molecular weight excluding hydrogens is 372 g/mol. The molecule has 30 heavy (non-hydrogen) atoms. The van der Waals surface area contributed by atoms with Crippen LogP contribution in [0.25, 0.3) is 0 Å². The molecule has 1 unspecified atom stereocenters. The van der Waals surface area contributed by atoms with Crippen molar-refractivity contribution in [2.45, 2.75) is 52.5 Å². The van der Waals surface area contributed by atoms with E-state index >= 15 is 0 Å². The van der Waals surface area contributed by atoms with Crippen LogP contribution in [0.3, 0.4) is 0 Å². The molecule has 1 atom stereocenters. The molecular formula is C26H36N2O2. The first-order valence-corrected chi connectivity index (χ1v) is 11.1. The Morgan fingerprint density at radius 1 is 1.10 bits per heavy atom. The molecule has 1 aliphatic heterocycles. The Labute approximate surface area is 181 Å². The molecule has 2 aromatic carbocycles. The second-order valence-electron chi connectivity index (χ2n) is 9.56. The van der Waals surface area contributed by atoms with Crippen LogP contribution in [0, 0.1) is 5.92 Å². The number of nitrogens with zero attached hydrogens (tertiary/aromatic N) is 1. The van der Waals surface area contributed by atoms with E-state index in [2.05, 4.69) is 62.2 Å². The second kappa shape index (κ2) is 10.1. The molecule has 2 aromatic rings. The van der Waals surface area contributed by atoms with Crippen molar-refractivity contribution in [1.29, 1.82) is 0 Å². The van der Waals surface area contributed by atoms with E-state index in [1.165, 1.54) is 37.1 Å². The number of benzene rings is 2. The quantitative estimate of drug-likeness (QED) is 0.654. The van der Waals surface area contributed by atoms with E-state index in [0.29, 0.717) is 18.7 Å². The Bertz CT molecular complexity index is 806. The minimum atomic E-state index is -0.0557. The van der Waals surface area contributed by atoms with Crippen molar-refractivity contribution >= 4 is 5.91 Å². The molecule has 1 saturated heterocycles. The summed E-state index contributed by atoms with van der Waals surface area (Å²) in [4.78, 5) is 14.9. The van der Waals surface area contributed by atoms with Crippen LogP contribution in [0.15, 0.2) is 48.5 Å². The summed E-state index contributed by atoms with van der Waals surface area (Å²) in [6, 6.07) is 16.2. The van der Waals surface area contributed by atoms with Crippen molar-refractivity contribution in [3.8, 4) is 5.75 Å². The molecule has 4 heteroatoms. The van der Waals surface area contributed by atoms with Gasteiger partial charge < -0.3 is 10.1 Å². The average molecular weight is 409 g/mol. The molecule has 3 rings (SSSR count). The first-order valence-electron chi connectivity index (χ1n) is 11.1. The number of ether oxygens (including phenoxy) is 1. The molecule has 4 nitrogen and oxygen atoms in total. The van der Waals surface area contributed by atoms with E-state index < -0.39 is 0 Å². The lowest BCUT2D eigenvalue weighted by atomic mass is 9.87. The highest BCUT2D eigenvalue weighted by atomic mass is 16.5. The molecule has 1 N–H and O–H groups in total. The van der Waals surface area contributed by atoms with Crippen molar-refractivity contribution in [1.82, 2.24) is 10.2 Å². The van der Waals surface area contributed by atoms with Gasteiger partial charge >= 0.3 is 0 Å². The summed E-state index contributed by atoms with van der Waals surface area (Å²) in [6.45, 7) is 13.1. The minimum absolute atomic E-state index is 0.0557. The van der Waals surface area contributed by atoms with Crippen LogP contribution >= 0.6 is 0 Å². The molecule has 0 aliphatic carbocycles. The van der Waals surface area contributed by atoms with Crippen molar-refractivity contribution in [3.05, 3.63) is 65.2 Å². The largest absolute Gasteiger partial charge is 0.492 e. The van der Waals surface area contributed by atoms with Gasteiger partial charge in [0.05, 0.1) is 6.54 Å². The highest BCUT2D eigenvalue weighted by molar-refractivity contribution is 5.94. The Kier molecular flexibility index (Phi) is 7.54. The van der Waals surface area contributed by atoms with Gasteiger partial charge in [-0.05, 0) is 66.1 Å². The van der Waals surface area contributed by atoms with E-state index in [9.17, 15) is 4.79 Å². The smallest absolute Gasteiger partial charge is 0.251 e. The third-order valence-electron chi connectivity index (χ3n) is 5.74. The molecule has 1 aliphatic rings. The Morgan fingerprint density at radius 3 is 2.43 bits per heavy atom. The standard InChI is InChI=1S/C26H36N2O2/c1-20-6-5-16-28(18-20)19-21-7-9-22(10-8-21)25(29)27-15-17-30-24-13-11-23(12-14-24)26(2,3)4/h7-14,20H,5-6,15-19H2,1-4H3,(H,27,29). The molecule has 1 amide bonds. The maximum atomic E-state index is 12.4. The molecule has 1 fully saturated rings. The second-order valence-corrected chi connectivity index (χ2v) is 9.56. The lowest BCUT2D eigenvalue weighted by Crippen LogP contribution is -2.33. The van der Waals surface area contributed by atoms with Crippen LogP contribution in [0.5, 0.6) is 5.75 Å². The first-order chi connectivity index (χ1) is 14.3. The van der Waals surface area contributed by atoms with Crippen LogP contribution in [0.1, 0.15) is 62.0 Å². The topological polar surface area (TPSA) is 41.6 Å². The monoisotopic (exact) mass is 408 g/mol. The van der Waals surface area contributed by atoms with Crippen molar-refractivity contribution < 1.29 is 9.53 Å². The first kappa shape index (κ1) is 22.4. The maximum Gasteiger partial charge on any atom is 0.251 e. The fourth-order valence-corrected chi connectivity index (χ4v) is 3.94. The molecule has 0 radical (unpaired) electrons. The molecule has 1 heterocycles. The predicted octanol–water partition coefficient (Wildman–Crippen LogP) is 5.02. The predicted molar refractivity (Wildman–Crippen MR) is 123 cm³/mol. The molecule has 162 valence electrons. The number of amides is 1.